The van der Waals surface area contributed by atoms with Gasteiger partial charge in [0, 0.05) is 11.6 Å². The molecule has 1 aromatic carbocycles. The fourth-order valence-electron chi connectivity index (χ4n) is 2.11. The van der Waals surface area contributed by atoms with Gasteiger partial charge in [0.2, 0.25) is 0 Å². The SMILES string of the molecule is O=C(c1ccc(Cl)cc1Cl)N1CCC[C@H]1CO. The third kappa shape index (κ3) is 2.57. The highest BCUT2D eigenvalue weighted by molar-refractivity contribution is 6.36. The van der Waals surface area contributed by atoms with Crippen LogP contribution in [0.3, 0.4) is 0 Å². The van der Waals surface area contributed by atoms with E-state index in [1.807, 2.05) is 0 Å². The first-order valence-corrected chi connectivity index (χ1v) is 6.26. The molecule has 0 bridgehead atoms. The number of aliphatic hydroxyl groups is 1. The summed E-state index contributed by atoms with van der Waals surface area (Å²) in [6, 6.07) is 4.74. The molecule has 2 rings (SSSR count). The molecule has 17 heavy (non-hydrogen) atoms. The third-order valence-corrected chi connectivity index (χ3v) is 3.56. The monoisotopic (exact) mass is 273 g/mol. The second-order valence-electron chi connectivity index (χ2n) is 4.10. The third-order valence-electron chi connectivity index (χ3n) is 3.01. The summed E-state index contributed by atoms with van der Waals surface area (Å²) in [5.41, 5.74) is 0.441. The Morgan fingerprint density at radius 1 is 1.47 bits per heavy atom. The van der Waals surface area contributed by atoms with Gasteiger partial charge in [0.15, 0.2) is 0 Å². The number of amides is 1. The minimum atomic E-state index is -0.136. The molecule has 1 fully saturated rings. The van der Waals surface area contributed by atoms with Gasteiger partial charge in [0.05, 0.1) is 23.2 Å². The van der Waals surface area contributed by atoms with Crippen molar-refractivity contribution in [1.29, 1.82) is 0 Å². The van der Waals surface area contributed by atoms with Crippen molar-refractivity contribution < 1.29 is 9.90 Å². The molecule has 1 aliphatic heterocycles. The minimum absolute atomic E-state index is 0.00303. The van der Waals surface area contributed by atoms with Crippen molar-refractivity contribution in [2.24, 2.45) is 0 Å². The van der Waals surface area contributed by atoms with Gasteiger partial charge in [-0.1, -0.05) is 23.2 Å². The Bertz CT molecular complexity index is 437. The minimum Gasteiger partial charge on any atom is -0.394 e. The highest BCUT2D eigenvalue weighted by Crippen LogP contribution is 2.25. The van der Waals surface area contributed by atoms with Crippen molar-refractivity contribution in [3.63, 3.8) is 0 Å². The number of aliphatic hydroxyl groups excluding tert-OH is 1. The fourth-order valence-corrected chi connectivity index (χ4v) is 2.60. The highest BCUT2D eigenvalue weighted by atomic mass is 35.5. The largest absolute Gasteiger partial charge is 0.394 e. The summed E-state index contributed by atoms with van der Waals surface area (Å²) in [6.45, 7) is 0.667. The number of carbonyl (C=O) groups is 1. The van der Waals surface area contributed by atoms with Crippen molar-refractivity contribution in [2.75, 3.05) is 13.2 Å². The maximum absolute atomic E-state index is 12.2. The van der Waals surface area contributed by atoms with Crippen LogP contribution < -0.4 is 0 Å². The molecule has 0 spiro atoms. The number of rotatable bonds is 2. The first-order chi connectivity index (χ1) is 8.13. The van der Waals surface area contributed by atoms with E-state index >= 15 is 0 Å². The Morgan fingerprint density at radius 2 is 2.24 bits per heavy atom. The Kier molecular flexibility index (Phi) is 3.92. The van der Waals surface area contributed by atoms with Gasteiger partial charge in [0.1, 0.15) is 0 Å². The van der Waals surface area contributed by atoms with Crippen LogP contribution >= 0.6 is 23.2 Å². The van der Waals surface area contributed by atoms with Crippen LogP contribution in [0.25, 0.3) is 0 Å². The summed E-state index contributed by atoms with van der Waals surface area (Å²) in [4.78, 5) is 13.9. The Hall–Kier alpha value is -0.770. The molecule has 1 aromatic rings. The van der Waals surface area contributed by atoms with E-state index in [1.165, 1.54) is 0 Å². The lowest BCUT2D eigenvalue weighted by atomic mass is 10.1. The van der Waals surface area contributed by atoms with E-state index in [0.29, 0.717) is 22.2 Å². The molecule has 1 N–H and O–H groups in total. The molecule has 0 saturated carbocycles. The number of hydrogen-bond acceptors (Lipinski definition) is 2. The van der Waals surface area contributed by atoms with Crippen molar-refractivity contribution in [1.82, 2.24) is 4.90 Å². The molecule has 0 radical (unpaired) electrons. The predicted octanol–water partition coefficient (Wildman–Crippen LogP) is 2.59. The lowest BCUT2D eigenvalue weighted by Crippen LogP contribution is -2.37. The van der Waals surface area contributed by atoms with Gasteiger partial charge in [-0.15, -0.1) is 0 Å². The average Bonchev–Trinajstić information content (AvgIpc) is 2.76. The van der Waals surface area contributed by atoms with Gasteiger partial charge in [-0.05, 0) is 31.0 Å². The normalized spacial score (nSPS) is 19.7. The van der Waals surface area contributed by atoms with Gasteiger partial charge in [0.25, 0.3) is 5.91 Å². The number of benzene rings is 1. The van der Waals surface area contributed by atoms with Gasteiger partial charge >= 0.3 is 0 Å². The van der Waals surface area contributed by atoms with Crippen LogP contribution in [0.1, 0.15) is 23.2 Å². The van der Waals surface area contributed by atoms with E-state index in [-0.39, 0.29) is 18.6 Å². The van der Waals surface area contributed by atoms with E-state index in [0.717, 1.165) is 12.8 Å². The summed E-state index contributed by atoms with van der Waals surface area (Å²) in [5, 5.41) is 10.1. The predicted molar refractivity (Wildman–Crippen MR) is 67.6 cm³/mol. The zero-order chi connectivity index (χ0) is 12.4. The molecule has 0 aromatic heterocycles. The molecular formula is C12H13Cl2NO2. The van der Waals surface area contributed by atoms with Crippen molar-refractivity contribution >= 4 is 29.1 Å². The number of hydrogen-bond donors (Lipinski definition) is 1. The van der Waals surface area contributed by atoms with E-state index in [4.69, 9.17) is 23.2 Å². The zero-order valence-electron chi connectivity index (χ0n) is 9.20. The quantitative estimate of drug-likeness (QED) is 0.900. The molecule has 1 saturated heterocycles. The summed E-state index contributed by atoms with van der Waals surface area (Å²) in [6.07, 6.45) is 1.76. The van der Waals surface area contributed by atoms with E-state index < -0.39 is 0 Å². The van der Waals surface area contributed by atoms with Crippen LogP contribution in [-0.2, 0) is 0 Å². The lowest BCUT2D eigenvalue weighted by Gasteiger charge is -2.23. The molecule has 0 unspecified atom stereocenters. The van der Waals surface area contributed by atoms with E-state index in [2.05, 4.69) is 0 Å². The molecule has 1 aliphatic rings. The molecule has 5 heteroatoms. The van der Waals surface area contributed by atoms with Crippen LogP contribution in [0.2, 0.25) is 10.0 Å². The first-order valence-electron chi connectivity index (χ1n) is 5.50. The van der Waals surface area contributed by atoms with Crippen LogP contribution in [0.4, 0.5) is 0 Å². The molecule has 92 valence electrons. The summed E-state index contributed by atoms with van der Waals surface area (Å²) in [7, 11) is 0. The molecule has 1 heterocycles. The van der Waals surface area contributed by atoms with Crippen LogP contribution in [0.15, 0.2) is 18.2 Å². The summed E-state index contributed by atoms with van der Waals surface area (Å²) >= 11 is 11.8. The number of halogens is 2. The van der Waals surface area contributed by atoms with Crippen molar-refractivity contribution in [2.45, 2.75) is 18.9 Å². The summed E-state index contributed by atoms with van der Waals surface area (Å²) < 4.78 is 0. The second-order valence-corrected chi connectivity index (χ2v) is 4.94. The van der Waals surface area contributed by atoms with Crippen molar-refractivity contribution in [3.8, 4) is 0 Å². The second kappa shape index (κ2) is 5.25. The molecular weight excluding hydrogens is 261 g/mol. The van der Waals surface area contributed by atoms with Gasteiger partial charge in [-0.2, -0.15) is 0 Å². The van der Waals surface area contributed by atoms with Gasteiger partial charge in [-0.3, -0.25) is 4.79 Å². The Labute approximate surface area is 110 Å². The Balaban J connectivity index is 2.24. The summed E-state index contributed by atoms with van der Waals surface area (Å²) in [5.74, 6) is -0.136. The average molecular weight is 274 g/mol. The first kappa shape index (κ1) is 12.7. The van der Waals surface area contributed by atoms with Gasteiger partial charge < -0.3 is 10.0 Å². The molecule has 0 aliphatic carbocycles. The van der Waals surface area contributed by atoms with Crippen molar-refractivity contribution in [3.05, 3.63) is 33.8 Å². The standard InChI is InChI=1S/C12H13Cl2NO2/c13-8-3-4-10(11(14)6-8)12(17)15-5-1-2-9(15)7-16/h3-4,6,9,16H,1-2,5,7H2/t9-/m0/s1. The van der Waals surface area contributed by atoms with Crippen LogP contribution in [0.5, 0.6) is 0 Å². The van der Waals surface area contributed by atoms with Gasteiger partial charge in [-0.25, -0.2) is 0 Å². The lowest BCUT2D eigenvalue weighted by molar-refractivity contribution is 0.0678. The highest BCUT2D eigenvalue weighted by Gasteiger charge is 2.29. The molecule has 3 nitrogen and oxygen atoms in total. The topological polar surface area (TPSA) is 40.5 Å². The number of carbonyl (C=O) groups excluding carboxylic acids is 1. The number of likely N-dealkylation sites (tertiary alicyclic amines) is 1. The number of nitrogens with zero attached hydrogens (tertiary/aromatic N) is 1. The van der Waals surface area contributed by atoms with Crippen LogP contribution in [-0.4, -0.2) is 35.1 Å². The fraction of sp³-hybridized carbons (Fsp3) is 0.417. The zero-order valence-corrected chi connectivity index (χ0v) is 10.7. The maximum atomic E-state index is 12.2. The van der Waals surface area contributed by atoms with E-state index in [9.17, 15) is 9.90 Å². The maximum Gasteiger partial charge on any atom is 0.255 e. The molecule has 1 atom stereocenters. The van der Waals surface area contributed by atoms with E-state index in [1.54, 1.807) is 23.1 Å². The Morgan fingerprint density at radius 3 is 2.88 bits per heavy atom. The van der Waals surface area contributed by atoms with Crippen LogP contribution in [0, 0.1) is 0 Å². The molecule has 1 amide bonds. The smallest absolute Gasteiger partial charge is 0.255 e.